The van der Waals surface area contributed by atoms with Gasteiger partial charge in [-0.3, -0.25) is 0 Å². The van der Waals surface area contributed by atoms with E-state index in [0.717, 1.165) is 6.42 Å². The fraction of sp³-hybridized carbons (Fsp3) is 0.333. The van der Waals surface area contributed by atoms with Gasteiger partial charge in [0, 0.05) is 0 Å². The summed E-state index contributed by atoms with van der Waals surface area (Å²) in [4.78, 5) is 0. The lowest BCUT2D eigenvalue weighted by Gasteiger charge is -2.00. The summed E-state index contributed by atoms with van der Waals surface area (Å²) in [5.74, 6) is 0.606. The van der Waals surface area contributed by atoms with Gasteiger partial charge in [0.1, 0.15) is 0 Å². The van der Waals surface area contributed by atoms with Gasteiger partial charge in [-0.25, -0.2) is 0 Å². The Bertz CT molecular complexity index is 272. The van der Waals surface area contributed by atoms with Gasteiger partial charge in [0.2, 0.25) is 0 Å². The minimum atomic E-state index is 0.242. The molecule has 0 N–H and O–H groups in total. The molecule has 0 saturated heterocycles. The van der Waals surface area contributed by atoms with Crippen LogP contribution in [0.1, 0.15) is 12.5 Å². The normalized spacial score (nSPS) is 22.0. The van der Waals surface area contributed by atoms with E-state index in [9.17, 15) is 0 Å². The van der Waals surface area contributed by atoms with E-state index in [1.807, 2.05) is 0 Å². The second-order valence-corrected chi connectivity index (χ2v) is 3.75. The van der Waals surface area contributed by atoms with Crippen LogP contribution < -0.4 is 5.46 Å². The first-order valence-corrected chi connectivity index (χ1v) is 4.44. The first-order valence-electron chi connectivity index (χ1n) is 4.01. The van der Waals surface area contributed by atoms with E-state index in [0.29, 0.717) is 5.82 Å². The minimum absolute atomic E-state index is 0.242. The molecular formula is C9H10BCl. The number of halogens is 1. The molecule has 1 aliphatic rings. The minimum Gasteiger partial charge on any atom is -0.188 e. The van der Waals surface area contributed by atoms with Gasteiger partial charge in [0.25, 0.3) is 6.13 Å². The molecule has 0 nitrogen and oxygen atoms in total. The van der Waals surface area contributed by atoms with Gasteiger partial charge < -0.3 is 0 Å². The molecule has 1 aromatic rings. The molecule has 0 aromatic heterocycles. The van der Waals surface area contributed by atoms with Crippen molar-refractivity contribution in [2.24, 2.45) is 0 Å². The third-order valence-corrected chi connectivity index (χ3v) is 3.06. The first-order chi connectivity index (χ1) is 5.29. The highest BCUT2D eigenvalue weighted by Gasteiger charge is 2.30. The molecule has 0 saturated carbocycles. The number of hydrogen-bond acceptors (Lipinski definition) is 0. The van der Waals surface area contributed by atoms with Gasteiger partial charge in [-0.15, -0.1) is 0 Å². The van der Waals surface area contributed by atoms with Crippen molar-refractivity contribution in [2.75, 3.05) is 0 Å². The number of hydrogen-bond donors (Lipinski definition) is 0. The Morgan fingerprint density at radius 2 is 2.18 bits per heavy atom. The van der Waals surface area contributed by atoms with Crippen LogP contribution in [0.4, 0.5) is 0 Å². The van der Waals surface area contributed by atoms with Crippen LogP contribution in [0.3, 0.4) is 0 Å². The third kappa shape index (κ3) is 1.08. The first kappa shape index (κ1) is 7.24. The molecule has 0 fully saturated rings. The molecule has 0 aliphatic carbocycles. The lowest BCUT2D eigenvalue weighted by molar-refractivity contribution is 0.934. The van der Waals surface area contributed by atoms with Crippen molar-refractivity contribution in [3.05, 3.63) is 29.8 Å². The summed E-state index contributed by atoms with van der Waals surface area (Å²) in [6.45, 7) is 2.21. The van der Waals surface area contributed by atoms with Crippen LogP contribution in [0.5, 0.6) is 0 Å². The van der Waals surface area contributed by atoms with E-state index in [4.69, 9.17) is 11.5 Å². The molecule has 1 heterocycles. The third-order valence-electron chi connectivity index (χ3n) is 2.39. The molecule has 0 bridgehead atoms. The molecule has 1 aromatic carbocycles. The van der Waals surface area contributed by atoms with Crippen LogP contribution in [0.15, 0.2) is 24.3 Å². The molecule has 0 amide bonds. The Hall–Kier alpha value is -0.425. The summed E-state index contributed by atoms with van der Waals surface area (Å²) in [5, 5.41) is 0. The lowest BCUT2D eigenvalue weighted by atomic mass is 9.63. The Kier molecular flexibility index (Phi) is 1.69. The summed E-state index contributed by atoms with van der Waals surface area (Å²) in [5.41, 5.74) is 2.77. The Morgan fingerprint density at radius 1 is 1.45 bits per heavy atom. The zero-order valence-electron chi connectivity index (χ0n) is 6.55. The second-order valence-electron chi connectivity index (χ2n) is 3.28. The van der Waals surface area contributed by atoms with Crippen molar-refractivity contribution in [3.8, 4) is 0 Å². The molecule has 11 heavy (non-hydrogen) atoms. The molecule has 56 valence electrons. The number of fused-ring (bicyclic) bond motifs is 1. The number of benzene rings is 1. The van der Waals surface area contributed by atoms with Gasteiger partial charge in [-0.2, -0.15) is 11.5 Å². The summed E-state index contributed by atoms with van der Waals surface area (Å²) >= 11 is 6.19. The van der Waals surface area contributed by atoms with E-state index in [1.54, 1.807) is 0 Å². The highest BCUT2D eigenvalue weighted by Crippen LogP contribution is 2.25. The monoisotopic (exact) mass is 164 g/mol. The zero-order valence-corrected chi connectivity index (χ0v) is 7.31. The fourth-order valence-electron chi connectivity index (χ4n) is 1.75. The Morgan fingerprint density at radius 3 is 2.91 bits per heavy atom. The highest BCUT2D eigenvalue weighted by atomic mass is 35.5. The second kappa shape index (κ2) is 2.56. The smallest absolute Gasteiger partial charge is 0.188 e. The molecule has 1 atom stereocenters. The molecule has 2 heteroatoms. The predicted molar refractivity (Wildman–Crippen MR) is 50.8 cm³/mol. The maximum absolute atomic E-state index is 6.19. The van der Waals surface area contributed by atoms with Crippen molar-refractivity contribution < 1.29 is 0 Å². The lowest BCUT2D eigenvalue weighted by Crippen LogP contribution is -2.22. The van der Waals surface area contributed by atoms with Crippen molar-refractivity contribution in [1.82, 2.24) is 0 Å². The van der Waals surface area contributed by atoms with Crippen molar-refractivity contribution in [1.29, 1.82) is 0 Å². The quantitative estimate of drug-likeness (QED) is 0.515. The highest BCUT2D eigenvalue weighted by molar-refractivity contribution is 7.15. The average molecular weight is 164 g/mol. The van der Waals surface area contributed by atoms with Crippen LogP contribution in [0.2, 0.25) is 5.82 Å². The number of rotatable bonds is 0. The topological polar surface area (TPSA) is 0 Å². The maximum Gasteiger partial charge on any atom is 0.286 e. The van der Waals surface area contributed by atoms with Gasteiger partial charge in [-0.05, 0) is 12.2 Å². The van der Waals surface area contributed by atoms with Crippen molar-refractivity contribution >= 4 is 23.1 Å². The molecule has 2 rings (SSSR count). The molecule has 0 spiro atoms. The van der Waals surface area contributed by atoms with E-state index in [2.05, 4.69) is 31.2 Å². The standard InChI is InChI=1S/C9H10BCl/c1-7-6-8-4-2-3-5-9(8)10(7)11/h2-5,7H,6H2,1H3. The van der Waals surface area contributed by atoms with Gasteiger partial charge in [0.05, 0.1) is 0 Å². The summed E-state index contributed by atoms with van der Waals surface area (Å²) in [7, 11) is 0. The van der Waals surface area contributed by atoms with Crippen LogP contribution in [-0.4, -0.2) is 6.13 Å². The van der Waals surface area contributed by atoms with Gasteiger partial charge in [0.15, 0.2) is 0 Å². The largest absolute Gasteiger partial charge is 0.286 e. The SMILES string of the molecule is CC1Cc2ccccc2B1Cl. The van der Waals surface area contributed by atoms with E-state index >= 15 is 0 Å². The summed E-state index contributed by atoms with van der Waals surface area (Å²) < 4.78 is 0. The molecule has 0 radical (unpaired) electrons. The molecule has 1 unspecified atom stereocenters. The van der Waals surface area contributed by atoms with Gasteiger partial charge >= 0.3 is 0 Å². The Labute approximate surface area is 72.6 Å². The molecule has 1 aliphatic heterocycles. The van der Waals surface area contributed by atoms with E-state index < -0.39 is 0 Å². The maximum atomic E-state index is 6.19. The Balaban J connectivity index is 2.47. The zero-order chi connectivity index (χ0) is 7.84. The van der Waals surface area contributed by atoms with Crippen LogP contribution in [-0.2, 0) is 6.42 Å². The van der Waals surface area contributed by atoms with Crippen LogP contribution in [0, 0.1) is 0 Å². The van der Waals surface area contributed by atoms with Gasteiger partial charge in [-0.1, -0.05) is 42.2 Å². The van der Waals surface area contributed by atoms with Crippen molar-refractivity contribution in [2.45, 2.75) is 19.2 Å². The summed E-state index contributed by atoms with van der Waals surface area (Å²) in [6.07, 6.45) is 1.39. The van der Waals surface area contributed by atoms with Crippen molar-refractivity contribution in [3.63, 3.8) is 0 Å². The van der Waals surface area contributed by atoms with Crippen LogP contribution >= 0.6 is 11.5 Å². The predicted octanol–water partition coefficient (Wildman–Crippen LogP) is 2.07. The average Bonchev–Trinajstić information content (AvgIpc) is 2.30. The summed E-state index contributed by atoms with van der Waals surface area (Å²) in [6, 6.07) is 8.46. The van der Waals surface area contributed by atoms with E-state index in [1.165, 1.54) is 11.0 Å². The van der Waals surface area contributed by atoms with E-state index in [-0.39, 0.29) is 6.13 Å². The molecular weight excluding hydrogens is 154 g/mol. The fourth-order valence-corrected chi connectivity index (χ4v) is 2.05. The van der Waals surface area contributed by atoms with Crippen LogP contribution in [0.25, 0.3) is 0 Å².